The number of amides is 2. The number of halogens is 1. The maximum Gasteiger partial charge on any atom is 0.242 e. The minimum Gasteiger partial charge on any atom is -0.493 e. The third-order valence-corrected chi connectivity index (χ3v) is 5.46. The Labute approximate surface area is 163 Å². The molecule has 0 saturated heterocycles. The van der Waals surface area contributed by atoms with Crippen molar-refractivity contribution in [1.29, 1.82) is 0 Å². The number of ether oxygens (including phenoxy) is 2. The average molecular weight is 427 g/mol. The molecular formula is C19H27BrN2O4. The minimum atomic E-state index is -0.531. The third kappa shape index (κ3) is 5.37. The highest BCUT2D eigenvalue weighted by Gasteiger charge is 2.25. The van der Waals surface area contributed by atoms with E-state index in [0.717, 1.165) is 35.7 Å². The summed E-state index contributed by atoms with van der Waals surface area (Å²) in [5.74, 6) is 1.18. The number of hydrogen-bond acceptors (Lipinski definition) is 4. The summed E-state index contributed by atoms with van der Waals surface area (Å²) in [5, 5.41) is 5.69. The molecule has 26 heavy (non-hydrogen) atoms. The number of carbonyl (C=O) groups excluding carboxylic acids is 2. The lowest BCUT2D eigenvalue weighted by Crippen LogP contribution is -2.46. The molecule has 7 heteroatoms. The maximum absolute atomic E-state index is 12.2. The van der Waals surface area contributed by atoms with Gasteiger partial charge in [-0.15, -0.1) is 0 Å². The number of methoxy groups -OCH3 is 2. The van der Waals surface area contributed by atoms with Gasteiger partial charge in [0.2, 0.25) is 11.8 Å². The van der Waals surface area contributed by atoms with E-state index in [1.54, 1.807) is 21.1 Å². The van der Waals surface area contributed by atoms with Crippen molar-refractivity contribution in [3.63, 3.8) is 0 Å². The van der Waals surface area contributed by atoms with Crippen molar-refractivity contribution in [2.24, 2.45) is 5.92 Å². The second kappa shape index (κ2) is 9.80. The zero-order valence-electron chi connectivity index (χ0n) is 15.6. The zero-order valence-corrected chi connectivity index (χ0v) is 17.1. The Bertz CT molecular complexity index is 645. The first-order valence-electron chi connectivity index (χ1n) is 8.94. The maximum atomic E-state index is 12.2. The van der Waals surface area contributed by atoms with E-state index in [4.69, 9.17) is 9.47 Å². The highest BCUT2D eigenvalue weighted by molar-refractivity contribution is 9.10. The van der Waals surface area contributed by atoms with Crippen molar-refractivity contribution in [2.75, 3.05) is 20.8 Å². The molecule has 0 spiro atoms. The monoisotopic (exact) mass is 426 g/mol. The predicted molar refractivity (Wildman–Crippen MR) is 104 cm³/mol. The Morgan fingerprint density at radius 3 is 2.42 bits per heavy atom. The fourth-order valence-electron chi connectivity index (χ4n) is 3.15. The number of benzene rings is 1. The summed E-state index contributed by atoms with van der Waals surface area (Å²) in [4.78, 5) is 24.3. The fourth-order valence-corrected chi connectivity index (χ4v) is 3.67. The van der Waals surface area contributed by atoms with E-state index in [0.29, 0.717) is 24.5 Å². The summed E-state index contributed by atoms with van der Waals surface area (Å²) >= 11 is 3.51. The van der Waals surface area contributed by atoms with Gasteiger partial charge in [0.05, 0.1) is 14.2 Å². The number of nitrogens with one attached hydrogen (secondary N) is 2. The molecule has 0 radical (unpaired) electrons. The molecule has 2 amide bonds. The summed E-state index contributed by atoms with van der Waals surface area (Å²) in [6, 6.07) is 3.21. The van der Waals surface area contributed by atoms with E-state index < -0.39 is 6.04 Å². The summed E-state index contributed by atoms with van der Waals surface area (Å²) in [6.07, 6.45) is 4.68. The summed E-state index contributed by atoms with van der Waals surface area (Å²) in [5.41, 5.74) is 1.01. The van der Waals surface area contributed by atoms with Gasteiger partial charge in [-0.25, -0.2) is 0 Å². The Morgan fingerprint density at radius 1 is 1.19 bits per heavy atom. The average Bonchev–Trinajstić information content (AvgIpc) is 3.17. The lowest BCUT2D eigenvalue weighted by molar-refractivity contribution is -0.130. The first kappa shape index (κ1) is 20.6. The van der Waals surface area contributed by atoms with E-state index in [1.165, 1.54) is 0 Å². The van der Waals surface area contributed by atoms with Crippen molar-refractivity contribution in [3.05, 3.63) is 22.2 Å². The van der Waals surface area contributed by atoms with E-state index >= 15 is 0 Å². The molecular weight excluding hydrogens is 400 g/mol. The SMILES string of the molecule is COc1cc(Br)c(CCNC(=O)[C@H](C)NC(=O)C2CCCC2)cc1OC. The fraction of sp³-hybridized carbons (Fsp3) is 0.579. The largest absolute Gasteiger partial charge is 0.493 e. The van der Waals surface area contributed by atoms with Crippen molar-refractivity contribution < 1.29 is 19.1 Å². The molecule has 144 valence electrons. The van der Waals surface area contributed by atoms with Gasteiger partial charge in [0.15, 0.2) is 11.5 Å². The van der Waals surface area contributed by atoms with Crippen LogP contribution >= 0.6 is 15.9 Å². The highest BCUT2D eigenvalue weighted by Crippen LogP contribution is 2.33. The molecule has 2 rings (SSSR count). The Kier molecular flexibility index (Phi) is 7.75. The normalized spacial score (nSPS) is 15.4. The standard InChI is InChI=1S/C19H27BrN2O4/c1-12(22-19(24)13-6-4-5-7-13)18(23)21-9-8-14-10-16(25-2)17(26-3)11-15(14)20/h10-13H,4-9H2,1-3H3,(H,21,23)(H,22,24)/t12-/m0/s1. The molecule has 0 aliphatic heterocycles. The van der Waals surface area contributed by atoms with E-state index in [-0.39, 0.29) is 17.7 Å². The van der Waals surface area contributed by atoms with E-state index in [9.17, 15) is 9.59 Å². The van der Waals surface area contributed by atoms with Crippen molar-refractivity contribution in [3.8, 4) is 11.5 Å². The molecule has 0 heterocycles. The molecule has 1 saturated carbocycles. The van der Waals surface area contributed by atoms with Gasteiger partial charge < -0.3 is 20.1 Å². The first-order valence-corrected chi connectivity index (χ1v) is 9.74. The smallest absolute Gasteiger partial charge is 0.242 e. The van der Waals surface area contributed by atoms with Crippen LogP contribution in [0, 0.1) is 5.92 Å². The topological polar surface area (TPSA) is 76.7 Å². The molecule has 1 aromatic rings. The quantitative estimate of drug-likeness (QED) is 0.669. The Balaban J connectivity index is 1.83. The summed E-state index contributed by atoms with van der Waals surface area (Å²) < 4.78 is 11.5. The predicted octanol–water partition coefficient (Wildman–Crippen LogP) is 2.82. The van der Waals surface area contributed by atoms with Gasteiger partial charge in [0.25, 0.3) is 0 Å². The van der Waals surface area contributed by atoms with Gasteiger partial charge in [-0.1, -0.05) is 28.8 Å². The van der Waals surface area contributed by atoms with Crippen molar-refractivity contribution in [2.45, 2.75) is 45.1 Å². The van der Waals surface area contributed by atoms with Crippen molar-refractivity contribution in [1.82, 2.24) is 10.6 Å². The van der Waals surface area contributed by atoms with Crippen LogP contribution in [0.5, 0.6) is 11.5 Å². The molecule has 0 aromatic heterocycles. The van der Waals surface area contributed by atoms with Gasteiger partial charge in [0.1, 0.15) is 6.04 Å². The molecule has 2 N–H and O–H groups in total. The lowest BCUT2D eigenvalue weighted by Gasteiger charge is -2.17. The van der Waals surface area contributed by atoms with Gasteiger partial charge >= 0.3 is 0 Å². The van der Waals surface area contributed by atoms with Crippen LogP contribution < -0.4 is 20.1 Å². The van der Waals surface area contributed by atoms with E-state index in [2.05, 4.69) is 26.6 Å². The highest BCUT2D eigenvalue weighted by atomic mass is 79.9. The zero-order chi connectivity index (χ0) is 19.1. The van der Waals surface area contributed by atoms with E-state index in [1.807, 2.05) is 12.1 Å². The van der Waals surface area contributed by atoms with Crippen LogP contribution in [0.3, 0.4) is 0 Å². The van der Waals surface area contributed by atoms with Crippen LogP contribution in [-0.2, 0) is 16.0 Å². The van der Waals surface area contributed by atoms with Gasteiger partial charge in [-0.3, -0.25) is 9.59 Å². The molecule has 0 bridgehead atoms. The van der Waals surface area contributed by atoms with Crippen LogP contribution in [-0.4, -0.2) is 38.6 Å². The van der Waals surface area contributed by atoms with Gasteiger partial charge in [-0.05, 0) is 43.9 Å². The second-order valence-electron chi connectivity index (χ2n) is 6.55. The van der Waals surface area contributed by atoms with Gasteiger partial charge in [0, 0.05) is 16.9 Å². The number of rotatable bonds is 8. The number of hydrogen-bond donors (Lipinski definition) is 2. The van der Waals surface area contributed by atoms with Crippen LogP contribution in [0.2, 0.25) is 0 Å². The van der Waals surface area contributed by atoms with Crippen LogP contribution in [0.4, 0.5) is 0 Å². The Hall–Kier alpha value is -1.76. The molecule has 1 aliphatic rings. The summed E-state index contributed by atoms with van der Waals surface area (Å²) in [7, 11) is 3.18. The van der Waals surface area contributed by atoms with Crippen molar-refractivity contribution >= 4 is 27.7 Å². The molecule has 6 nitrogen and oxygen atoms in total. The second-order valence-corrected chi connectivity index (χ2v) is 7.41. The van der Waals surface area contributed by atoms with Crippen LogP contribution in [0.25, 0.3) is 0 Å². The van der Waals surface area contributed by atoms with Crippen LogP contribution in [0.15, 0.2) is 16.6 Å². The Morgan fingerprint density at radius 2 is 1.81 bits per heavy atom. The number of carbonyl (C=O) groups is 2. The first-order chi connectivity index (χ1) is 12.5. The molecule has 1 aromatic carbocycles. The molecule has 1 fully saturated rings. The molecule has 0 unspecified atom stereocenters. The lowest BCUT2D eigenvalue weighted by atomic mass is 10.1. The molecule has 1 aliphatic carbocycles. The minimum absolute atomic E-state index is 0.00668. The third-order valence-electron chi connectivity index (χ3n) is 4.72. The van der Waals surface area contributed by atoms with Crippen LogP contribution in [0.1, 0.15) is 38.2 Å². The molecule has 1 atom stereocenters. The van der Waals surface area contributed by atoms with Gasteiger partial charge in [-0.2, -0.15) is 0 Å². The summed E-state index contributed by atoms with van der Waals surface area (Å²) in [6.45, 7) is 2.19.